The Bertz CT molecular complexity index is 66.1. The summed E-state index contributed by atoms with van der Waals surface area (Å²) >= 11 is 2.13. The SMILES string of the molecule is C1S[C@@H]2CN[C@H]1C2. The number of hydrogen-bond donors (Lipinski definition) is 1. The van der Waals surface area contributed by atoms with E-state index < -0.39 is 0 Å². The fourth-order valence-corrected chi connectivity index (χ4v) is 2.63. The predicted octanol–water partition coefficient (Wildman–Crippen LogP) is 0.464. The van der Waals surface area contributed by atoms with Crippen LogP contribution < -0.4 is 5.32 Å². The van der Waals surface area contributed by atoms with Crippen LogP contribution in [0.2, 0.25) is 0 Å². The maximum absolute atomic E-state index is 3.44. The summed E-state index contributed by atoms with van der Waals surface area (Å²) in [6.07, 6.45) is 1.44. The molecule has 1 nitrogen and oxygen atoms in total. The van der Waals surface area contributed by atoms with E-state index in [0.717, 1.165) is 11.3 Å². The van der Waals surface area contributed by atoms with Gasteiger partial charge in [-0.05, 0) is 6.42 Å². The van der Waals surface area contributed by atoms with Gasteiger partial charge in [0, 0.05) is 23.6 Å². The van der Waals surface area contributed by atoms with Gasteiger partial charge in [-0.3, -0.25) is 0 Å². The molecule has 2 aliphatic rings. The molecule has 40 valence electrons. The van der Waals surface area contributed by atoms with Gasteiger partial charge in [-0.1, -0.05) is 0 Å². The lowest BCUT2D eigenvalue weighted by molar-refractivity contribution is 0.679. The molecule has 0 amide bonds. The fourth-order valence-electron chi connectivity index (χ4n) is 1.29. The van der Waals surface area contributed by atoms with Gasteiger partial charge in [-0.25, -0.2) is 0 Å². The Kier molecular flexibility index (Phi) is 0.837. The van der Waals surface area contributed by atoms with Crippen molar-refractivity contribution in [3.63, 3.8) is 0 Å². The molecule has 2 heteroatoms. The molecule has 1 N–H and O–H groups in total. The Morgan fingerprint density at radius 2 is 2.57 bits per heavy atom. The minimum atomic E-state index is 0.884. The molecule has 0 aromatic carbocycles. The van der Waals surface area contributed by atoms with E-state index in [4.69, 9.17) is 0 Å². The fraction of sp³-hybridized carbons (Fsp3) is 1.00. The highest BCUT2D eigenvalue weighted by Crippen LogP contribution is 2.30. The molecule has 0 aromatic rings. The van der Waals surface area contributed by atoms with Crippen LogP contribution in [0.4, 0.5) is 0 Å². The van der Waals surface area contributed by atoms with E-state index in [1.165, 1.54) is 18.7 Å². The Morgan fingerprint density at radius 1 is 1.57 bits per heavy atom. The summed E-state index contributed by atoms with van der Waals surface area (Å²) in [4.78, 5) is 0. The van der Waals surface area contributed by atoms with E-state index in [0.29, 0.717) is 0 Å². The van der Waals surface area contributed by atoms with Crippen LogP contribution in [0.5, 0.6) is 0 Å². The molecule has 2 aliphatic heterocycles. The van der Waals surface area contributed by atoms with Crippen molar-refractivity contribution < 1.29 is 0 Å². The Morgan fingerprint density at radius 3 is 2.71 bits per heavy atom. The van der Waals surface area contributed by atoms with E-state index in [1.807, 2.05) is 0 Å². The van der Waals surface area contributed by atoms with Crippen molar-refractivity contribution in [2.24, 2.45) is 0 Å². The van der Waals surface area contributed by atoms with Gasteiger partial charge < -0.3 is 5.32 Å². The molecule has 7 heavy (non-hydrogen) atoms. The van der Waals surface area contributed by atoms with Gasteiger partial charge in [-0.15, -0.1) is 0 Å². The zero-order chi connectivity index (χ0) is 4.69. The first-order valence-corrected chi connectivity index (χ1v) is 3.85. The molecule has 0 spiro atoms. The van der Waals surface area contributed by atoms with Crippen LogP contribution in [0.25, 0.3) is 0 Å². The third kappa shape index (κ3) is 0.572. The zero-order valence-electron chi connectivity index (χ0n) is 4.18. The van der Waals surface area contributed by atoms with E-state index in [-0.39, 0.29) is 0 Å². The number of fused-ring (bicyclic) bond motifs is 2. The maximum Gasteiger partial charge on any atom is 0.0188 e. The second kappa shape index (κ2) is 1.39. The Hall–Kier alpha value is 0.310. The quantitative estimate of drug-likeness (QED) is 0.492. The summed E-state index contributed by atoms with van der Waals surface area (Å²) in [6.45, 7) is 1.27. The number of hydrogen-bond acceptors (Lipinski definition) is 2. The molecule has 2 heterocycles. The Balaban J connectivity index is 2.12. The van der Waals surface area contributed by atoms with Crippen LogP contribution in [0.1, 0.15) is 6.42 Å². The number of nitrogens with one attached hydrogen (secondary N) is 1. The summed E-state index contributed by atoms with van der Waals surface area (Å²) in [5.74, 6) is 1.37. The second-order valence-corrected chi connectivity index (χ2v) is 3.63. The van der Waals surface area contributed by atoms with Crippen LogP contribution >= 0.6 is 11.8 Å². The lowest BCUT2D eigenvalue weighted by Gasteiger charge is -2.08. The largest absolute Gasteiger partial charge is 0.312 e. The molecular formula is C5H9NS. The monoisotopic (exact) mass is 115 g/mol. The average Bonchev–Trinajstić information content (AvgIpc) is 2.22. The van der Waals surface area contributed by atoms with E-state index in [2.05, 4.69) is 17.1 Å². The minimum Gasteiger partial charge on any atom is -0.312 e. The summed E-state index contributed by atoms with van der Waals surface area (Å²) in [5.41, 5.74) is 0. The predicted molar refractivity (Wildman–Crippen MR) is 32.7 cm³/mol. The molecule has 2 saturated heterocycles. The highest BCUT2D eigenvalue weighted by molar-refractivity contribution is 8.00. The first-order valence-electron chi connectivity index (χ1n) is 2.80. The first-order chi connectivity index (χ1) is 3.45. The summed E-state index contributed by atoms with van der Waals surface area (Å²) in [7, 11) is 0. The lowest BCUT2D eigenvalue weighted by atomic mass is 10.3. The van der Waals surface area contributed by atoms with Gasteiger partial charge in [0.15, 0.2) is 0 Å². The molecule has 0 unspecified atom stereocenters. The molecule has 2 atom stereocenters. The molecule has 0 aliphatic carbocycles. The normalized spacial score (nSPS) is 48.0. The van der Waals surface area contributed by atoms with Gasteiger partial charge in [0.25, 0.3) is 0 Å². The molecule has 0 radical (unpaired) electrons. The van der Waals surface area contributed by atoms with E-state index >= 15 is 0 Å². The van der Waals surface area contributed by atoms with Crippen molar-refractivity contribution >= 4 is 11.8 Å². The topological polar surface area (TPSA) is 12.0 Å². The third-order valence-corrected chi connectivity index (χ3v) is 3.14. The van der Waals surface area contributed by atoms with Gasteiger partial charge in [-0.2, -0.15) is 11.8 Å². The van der Waals surface area contributed by atoms with Crippen LogP contribution in [-0.2, 0) is 0 Å². The standard InChI is InChI=1S/C5H9NS/c1-4-3-7-5(1)2-6-4/h4-6H,1-3H2/t4-,5-/m0/s1. The van der Waals surface area contributed by atoms with Crippen LogP contribution in [-0.4, -0.2) is 23.6 Å². The van der Waals surface area contributed by atoms with Crippen LogP contribution in [0.15, 0.2) is 0 Å². The minimum absolute atomic E-state index is 0.884. The van der Waals surface area contributed by atoms with Crippen molar-refractivity contribution in [1.82, 2.24) is 5.32 Å². The van der Waals surface area contributed by atoms with Gasteiger partial charge in [0.05, 0.1) is 0 Å². The molecule has 2 rings (SSSR count). The first kappa shape index (κ1) is 4.21. The smallest absolute Gasteiger partial charge is 0.0188 e. The number of rotatable bonds is 0. The maximum atomic E-state index is 3.44. The molecular weight excluding hydrogens is 106 g/mol. The molecule has 2 bridgehead atoms. The molecule has 0 saturated carbocycles. The highest BCUT2D eigenvalue weighted by atomic mass is 32.2. The van der Waals surface area contributed by atoms with Crippen molar-refractivity contribution in [1.29, 1.82) is 0 Å². The lowest BCUT2D eigenvalue weighted by Crippen LogP contribution is -2.26. The van der Waals surface area contributed by atoms with Crippen LogP contribution in [0.3, 0.4) is 0 Å². The number of thioether (sulfide) groups is 1. The second-order valence-electron chi connectivity index (χ2n) is 2.30. The average molecular weight is 115 g/mol. The molecule has 2 fully saturated rings. The van der Waals surface area contributed by atoms with Crippen LogP contribution in [0, 0.1) is 0 Å². The van der Waals surface area contributed by atoms with E-state index in [9.17, 15) is 0 Å². The van der Waals surface area contributed by atoms with Crippen molar-refractivity contribution in [2.75, 3.05) is 12.3 Å². The van der Waals surface area contributed by atoms with Gasteiger partial charge in [0.2, 0.25) is 0 Å². The molecule has 0 aromatic heterocycles. The van der Waals surface area contributed by atoms with Crippen molar-refractivity contribution in [3.8, 4) is 0 Å². The Labute approximate surface area is 47.9 Å². The van der Waals surface area contributed by atoms with Gasteiger partial charge >= 0.3 is 0 Å². The highest BCUT2D eigenvalue weighted by Gasteiger charge is 2.30. The third-order valence-electron chi connectivity index (χ3n) is 1.71. The summed E-state index contributed by atoms with van der Waals surface area (Å²) in [6, 6.07) is 0.884. The summed E-state index contributed by atoms with van der Waals surface area (Å²) in [5, 5.41) is 4.41. The van der Waals surface area contributed by atoms with Crippen molar-refractivity contribution in [2.45, 2.75) is 17.7 Å². The summed E-state index contributed by atoms with van der Waals surface area (Å²) < 4.78 is 0. The van der Waals surface area contributed by atoms with Crippen molar-refractivity contribution in [3.05, 3.63) is 0 Å². The van der Waals surface area contributed by atoms with E-state index in [1.54, 1.807) is 0 Å². The van der Waals surface area contributed by atoms with Gasteiger partial charge in [0.1, 0.15) is 0 Å². The zero-order valence-corrected chi connectivity index (χ0v) is 5.00.